The SMILES string of the molecule is COc1ccc(C2C(C(=O)C(C)C)=C(O)C(=O)N2c2ccc(S(N)(=O)=O)cc2)cc1. The van der Waals surface area contributed by atoms with Crippen LogP contribution in [0.25, 0.3) is 0 Å². The number of aliphatic hydroxyl groups is 1. The zero-order chi connectivity index (χ0) is 22.2. The zero-order valence-corrected chi connectivity index (χ0v) is 17.5. The van der Waals surface area contributed by atoms with E-state index in [2.05, 4.69) is 0 Å². The van der Waals surface area contributed by atoms with E-state index >= 15 is 0 Å². The molecule has 3 N–H and O–H groups in total. The fourth-order valence-corrected chi connectivity index (χ4v) is 3.85. The third-order valence-corrected chi connectivity index (χ3v) is 5.80. The number of nitrogens with two attached hydrogens (primary N) is 1. The van der Waals surface area contributed by atoms with Gasteiger partial charge in [-0.25, -0.2) is 13.6 Å². The van der Waals surface area contributed by atoms with Crippen molar-refractivity contribution in [1.29, 1.82) is 0 Å². The number of carbonyl (C=O) groups is 2. The van der Waals surface area contributed by atoms with Crippen LogP contribution in [-0.2, 0) is 19.6 Å². The molecule has 0 spiro atoms. The fraction of sp³-hybridized carbons (Fsp3) is 0.238. The molecule has 1 aliphatic rings. The molecular weight excluding hydrogens is 408 g/mol. The molecule has 9 heteroatoms. The van der Waals surface area contributed by atoms with Gasteiger partial charge in [0.15, 0.2) is 11.5 Å². The number of hydrogen-bond donors (Lipinski definition) is 2. The number of Topliss-reactive ketones (excluding diaryl/α,β-unsaturated/α-hetero) is 1. The minimum Gasteiger partial charge on any atom is -0.503 e. The molecule has 0 radical (unpaired) electrons. The van der Waals surface area contributed by atoms with Crippen LogP contribution in [0.4, 0.5) is 5.69 Å². The first-order valence-corrected chi connectivity index (χ1v) is 10.7. The Labute approximate surface area is 174 Å². The van der Waals surface area contributed by atoms with Crippen molar-refractivity contribution in [2.24, 2.45) is 11.1 Å². The lowest BCUT2D eigenvalue weighted by atomic mass is 9.91. The van der Waals surface area contributed by atoms with Gasteiger partial charge < -0.3 is 9.84 Å². The molecule has 2 aromatic rings. The molecular formula is C21H22N2O6S. The molecule has 2 aromatic carbocycles. The van der Waals surface area contributed by atoms with Crippen LogP contribution in [0.3, 0.4) is 0 Å². The molecule has 0 saturated carbocycles. The Bertz CT molecular complexity index is 1120. The van der Waals surface area contributed by atoms with Gasteiger partial charge in [-0.3, -0.25) is 14.5 Å². The zero-order valence-electron chi connectivity index (χ0n) is 16.7. The molecule has 3 rings (SSSR count). The van der Waals surface area contributed by atoms with Crippen molar-refractivity contribution in [3.63, 3.8) is 0 Å². The number of amides is 1. The number of anilines is 1. The van der Waals surface area contributed by atoms with Crippen molar-refractivity contribution in [1.82, 2.24) is 0 Å². The van der Waals surface area contributed by atoms with Crippen LogP contribution in [-0.4, -0.2) is 32.3 Å². The lowest BCUT2D eigenvalue weighted by Crippen LogP contribution is -2.31. The van der Waals surface area contributed by atoms with Crippen LogP contribution >= 0.6 is 0 Å². The smallest absolute Gasteiger partial charge is 0.294 e. The fourth-order valence-electron chi connectivity index (χ4n) is 3.33. The van der Waals surface area contributed by atoms with E-state index in [1.54, 1.807) is 38.1 Å². The average molecular weight is 430 g/mol. The monoisotopic (exact) mass is 430 g/mol. The summed E-state index contributed by atoms with van der Waals surface area (Å²) in [7, 11) is -2.39. The van der Waals surface area contributed by atoms with Crippen molar-refractivity contribution in [2.45, 2.75) is 24.8 Å². The Kier molecular flexibility index (Phi) is 5.69. The first kappa shape index (κ1) is 21.5. The van der Waals surface area contributed by atoms with E-state index in [1.165, 1.54) is 36.3 Å². The van der Waals surface area contributed by atoms with Crippen molar-refractivity contribution in [2.75, 3.05) is 12.0 Å². The molecule has 1 unspecified atom stereocenters. The number of aliphatic hydroxyl groups excluding tert-OH is 1. The number of sulfonamides is 1. The first-order valence-electron chi connectivity index (χ1n) is 9.14. The quantitative estimate of drug-likeness (QED) is 0.725. The molecule has 0 aromatic heterocycles. The topological polar surface area (TPSA) is 127 Å². The highest BCUT2D eigenvalue weighted by molar-refractivity contribution is 7.89. The molecule has 0 bridgehead atoms. The minimum atomic E-state index is -3.91. The average Bonchev–Trinajstić information content (AvgIpc) is 2.97. The second-order valence-corrected chi connectivity index (χ2v) is 8.73. The predicted octanol–water partition coefficient (Wildman–Crippen LogP) is 2.47. The van der Waals surface area contributed by atoms with Gasteiger partial charge in [-0.1, -0.05) is 26.0 Å². The largest absolute Gasteiger partial charge is 0.503 e. The third kappa shape index (κ3) is 3.81. The molecule has 0 fully saturated rings. The van der Waals surface area contributed by atoms with E-state index in [0.717, 1.165) is 0 Å². The van der Waals surface area contributed by atoms with E-state index in [1.807, 2.05) is 0 Å². The number of ether oxygens (including phenoxy) is 1. The van der Waals surface area contributed by atoms with Gasteiger partial charge >= 0.3 is 0 Å². The van der Waals surface area contributed by atoms with Gasteiger partial charge in [-0.2, -0.15) is 0 Å². The van der Waals surface area contributed by atoms with Crippen LogP contribution in [0.15, 0.2) is 64.8 Å². The second kappa shape index (κ2) is 7.92. The highest BCUT2D eigenvalue weighted by Crippen LogP contribution is 2.42. The molecule has 8 nitrogen and oxygen atoms in total. The highest BCUT2D eigenvalue weighted by atomic mass is 32.2. The van der Waals surface area contributed by atoms with Crippen molar-refractivity contribution in [3.05, 3.63) is 65.4 Å². The summed E-state index contributed by atoms with van der Waals surface area (Å²) in [6, 6.07) is 11.3. The summed E-state index contributed by atoms with van der Waals surface area (Å²) in [4.78, 5) is 26.9. The summed E-state index contributed by atoms with van der Waals surface area (Å²) in [6.45, 7) is 3.36. The molecule has 158 valence electrons. The summed E-state index contributed by atoms with van der Waals surface area (Å²) in [5, 5.41) is 15.7. The summed E-state index contributed by atoms with van der Waals surface area (Å²) in [5.74, 6) is -1.57. The maximum atomic E-state index is 12.9. The summed E-state index contributed by atoms with van der Waals surface area (Å²) in [6.07, 6.45) is 0. The maximum absolute atomic E-state index is 12.9. The lowest BCUT2D eigenvalue weighted by molar-refractivity contribution is -0.119. The Morgan fingerprint density at radius 3 is 2.13 bits per heavy atom. The van der Waals surface area contributed by atoms with Gasteiger partial charge in [-0.15, -0.1) is 0 Å². The summed E-state index contributed by atoms with van der Waals surface area (Å²) >= 11 is 0. The number of rotatable bonds is 6. The van der Waals surface area contributed by atoms with Gasteiger partial charge in [0.05, 0.1) is 23.6 Å². The van der Waals surface area contributed by atoms with Crippen molar-refractivity contribution in [3.8, 4) is 5.75 Å². The molecule has 1 heterocycles. The first-order chi connectivity index (χ1) is 14.1. The van der Waals surface area contributed by atoms with Crippen LogP contribution in [0, 0.1) is 5.92 Å². The van der Waals surface area contributed by atoms with E-state index in [9.17, 15) is 23.1 Å². The molecule has 1 atom stereocenters. The molecule has 1 amide bonds. The lowest BCUT2D eigenvalue weighted by Gasteiger charge is -2.27. The number of hydrogen-bond acceptors (Lipinski definition) is 6. The maximum Gasteiger partial charge on any atom is 0.294 e. The third-order valence-electron chi connectivity index (χ3n) is 4.87. The Morgan fingerprint density at radius 1 is 1.10 bits per heavy atom. The Morgan fingerprint density at radius 2 is 1.67 bits per heavy atom. The van der Waals surface area contributed by atoms with Gasteiger partial charge in [0, 0.05) is 11.6 Å². The molecule has 0 saturated heterocycles. The number of primary sulfonamides is 1. The number of ketones is 1. The highest BCUT2D eigenvalue weighted by Gasteiger charge is 2.44. The number of nitrogens with zero attached hydrogens (tertiary/aromatic N) is 1. The van der Waals surface area contributed by atoms with Crippen molar-refractivity contribution >= 4 is 27.4 Å². The number of benzene rings is 2. The predicted molar refractivity (Wildman–Crippen MR) is 111 cm³/mol. The van der Waals surface area contributed by atoms with Gasteiger partial charge in [0.2, 0.25) is 10.0 Å². The summed E-state index contributed by atoms with van der Waals surface area (Å²) < 4.78 is 28.2. The Balaban J connectivity index is 2.15. The van der Waals surface area contributed by atoms with Crippen LogP contribution in [0.1, 0.15) is 25.5 Å². The Hall–Kier alpha value is -3.17. The van der Waals surface area contributed by atoms with E-state index in [-0.39, 0.29) is 16.3 Å². The van der Waals surface area contributed by atoms with Gasteiger partial charge in [0.1, 0.15) is 5.75 Å². The van der Waals surface area contributed by atoms with E-state index < -0.39 is 33.6 Å². The van der Waals surface area contributed by atoms with Crippen molar-refractivity contribution < 1.29 is 27.9 Å². The molecule has 0 aliphatic carbocycles. The molecule has 30 heavy (non-hydrogen) atoms. The van der Waals surface area contributed by atoms with Gasteiger partial charge in [0.25, 0.3) is 5.91 Å². The van der Waals surface area contributed by atoms with Gasteiger partial charge in [-0.05, 0) is 42.0 Å². The number of methoxy groups -OCH3 is 1. The number of carbonyl (C=O) groups excluding carboxylic acids is 2. The minimum absolute atomic E-state index is 0.00399. The summed E-state index contributed by atoms with van der Waals surface area (Å²) in [5.41, 5.74) is 0.898. The second-order valence-electron chi connectivity index (χ2n) is 7.17. The van der Waals surface area contributed by atoms with Crippen LogP contribution < -0.4 is 14.8 Å². The standard InChI is InChI=1S/C21H22N2O6S/c1-12(2)19(24)17-18(13-4-8-15(29-3)9-5-13)23(21(26)20(17)25)14-6-10-16(11-7-14)30(22,27)28/h4-12,18,25H,1-3H3,(H2,22,27,28). The van der Waals surface area contributed by atoms with Crippen LogP contribution in [0.5, 0.6) is 5.75 Å². The molecule has 1 aliphatic heterocycles. The van der Waals surface area contributed by atoms with Crippen LogP contribution in [0.2, 0.25) is 0 Å². The normalized spacial score (nSPS) is 17.0. The van der Waals surface area contributed by atoms with E-state index in [0.29, 0.717) is 17.0 Å². The van der Waals surface area contributed by atoms with E-state index in [4.69, 9.17) is 9.88 Å².